The quantitative estimate of drug-likeness (QED) is 0.604. The van der Waals surface area contributed by atoms with Gasteiger partial charge in [-0.25, -0.2) is 0 Å². The standard InChI is InChI=1S/C11H17N3O2/c1-9(12)7-13(2)8-10-5-3-4-6-11(10)14(15)16/h3-6,9H,7-8,12H2,1-2H3. The molecule has 0 saturated heterocycles. The van der Waals surface area contributed by atoms with Crippen LogP contribution in [0.4, 0.5) is 5.69 Å². The van der Waals surface area contributed by atoms with E-state index in [0.717, 1.165) is 5.56 Å². The average Bonchev–Trinajstić information content (AvgIpc) is 2.16. The largest absolute Gasteiger partial charge is 0.327 e. The van der Waals surface area contributed by atoms with Gasteiger partial charge in [-0.1, -0.05) is 18.2 Å². The maximum atomic E-state index is 10.8. The van der Waals surface area contributed by atoms with Crippen LogP contribution < -0.4 is 5.73 Å². The van der Waals surface area contributed by atoms with Crippen molar-refractivity contribution < 1.29 is 4.92 Å². The minimum Gasteiger partial charge on any atom is -0.327 e. The smallest absolute Gasteiger partial charge is 0.273 e. The molecule has 1 aromatic rings. The minimum absolute atomic E-state index is 0.0627. The Morgan fingerprint density at radius 1 is 1.50 bits per heavy atom. The Morgan fingerprint density at radius 3 is 2.69 bits per heavy atom. The van der Waals surface area contributed by atoms with Crippen LogP contribution in [0.2, 0.25) is 0 Å². The van der Waals surface area contributed by atoms with Gasteiger partial charge in [-0.2, -0.15) is 0 Å². The fraction of sp³-hybridized carbons (Fsp3) is 0.455. The lowest BCUT2D eigenvalue weighted by atomic mass is 10.1. The van der Waals surface area contributed by atoms with Crippen LogP contribution in [-0.2, 0) is 6.54 Å². The van der Waals surface area contributed by atoms with Crippen LogP contribution >= 0.6 is 0 Å². The monoisotopic (exact) mass is 223 g/mol. The van der Waals surface area contributed by atoms with Crippen LogP contribution in [0.1, 0.15) is 12.5 Å². The minimum atomic E-state index is -0.352. The highest BCUT2D eigenvalue weighted by molar-refractivity contribution is 5.39. The highest BCUT2D eigenvalue weighted by Crippen LogP contribution is 2.18. The first-order valence-electron chi connectivity index (χ1n) is 5.17. The summed E-state index contributed by atoms with van der Waals surface area (Å²) in [6.45, 7) is 3.17. The zero-order valence-electron chi connectivity index (χ0n) is 9.59. The highest BCUT2D eigenvalue weighted by atomic mass is 16.6. The van der Waals surface area contributed by atoms with Crippen LogP contribution in [0.5, 0.6) is 0 Å². The molecule has 16 heavy (non-hydrogen) atoms. The second-order valence-electron chi connectivity index (χ2n) is 4.06. The molecule has 0 aromatic heterocycles. The molecule has 2 N–H and O–H groups in total. The van der Waals surface area contributed by atoms with E-state index in [1.54, 1.807) is 12.1 Å². The molecule has 1 aromatic carbocycles. The molecule has 0 amide bonds. The predicted molar refractivity (Wildman–Crippen MR) is 63.1 cm³/mol. The van der Waals surface area contributed by atoms with Crippen molar-refractivity contribution in [2.45, 2.75) is 19.5 Å². The molecule has 0 aliphatic carbocycles. The predicted octanol–water partition coefficient (Wildman–Crippen LogP) is 1.37. The zero-order chi connectivity index (χ0) is 12.1. The molecule has 0 radical (unpaired) electrons. The number of para-hydroxylation sites is 1. The van der Waals surface area contributed by atoms with Gasteiger partial charge in [0, 0.05) is 30.8 Å². The number of hydrogen-bond acceptors (Lipinski definition) is 4. The van der Waals surface area contributed by atoms with Crippen LogP contribution in [-0.4, -0.2) is 29.5 Å². The van der Waals surface area contributed by atoms with Gasteiger partial charge in [-0.3, -0.25) is 10.1 Å². The first kappa shape index (κ1) is 12.6. The number of nitrogens with zero attached hydrogens (tertiary/aromatic N) is 2. The third-order valence-electron chi connectivity index (χ3n) is 2.23. The Kier molecular flexibility index (Phi) is 4.39. The normalized spacial score (nSPS) is 12.8. The summed E-state index contributed by atoms with van der Waals surface area (Å²) in [5, 5.41) is 10.8. The molecule has 0 aliphatic heterocycles. The first-order chi connectivity index (χ1) is 7.50. The maximum absolute atomic E-state index is 10.8. The van der Waals surface area contributed by atoms with Crippen molar-refractivity contribution in [3.63, 3.8) is 0 Å². The molecule has 1 unspecified atom stereocenters. The van der Waals surface area contributed by atoms with Gasteiger partial charge in [0.25, 0.3) is 5.69 Å². The summed E-state index contributed by atoms with van der Waals surface area (Å²) in [5.41, 5.74) is 6.55. The molecule has 5 heteroatoms. The Bertz CT molecular complexity index is 366. The average molecular weight is 223 g/mol. The number of likely N-dealkylation sites (N-methyl/N-ethyl adjacent to an activating group) is 1. The molecule has 0 fully saturated rings. The summed E-state index contributed by atoms with van der Waals surface area (Å²) in [4.78, 5) is 12.4. The lowest BCUT2D eigenvalue weighted by Crippen LogP contribution is -2.32. The van der Waals surface area contributed by atoms with Gasteiger partial charge in [-0.15, -0.1) is 0 Å². The van der Waals surface area contributed by atoms with E-state index >= 15 is 0 Å². The summed E-state index contributed by atoms with van der Waals surface area (Å²) in [5.74, 6) is 0. The zero-order valence-corrected chi connectivity index (χ0v) is 9.59. The summed E-state index contributed by atoms with van der Waals surface area (Å²) in [6.07, 6.45) is 0. The van der Waals surface area contributed by atoms with Crippen molar-refractivity contribution in [1.82, 2.24) is 4.90 Å². The molecule has 5 nitrogen and oxygen atoms in total. The van der Waals surface area contributed by atoms with E-state index in [2.05, 4.69) is 0 Å². The number of nitro groups is 1. The summed E-state index contributed by atoms with van der Waals surface area (Å²) in [6, 6.07) is 6.84. The van der Waals surface area contributed by atoms with Crippen molar-refractivity contribution in [1.29, 1.82) is 0 Å². The van der Waals surface area contributed by atoms with E-state index in [0.29, 0.717) is 13.1 Å². The Hall–Kier alpha value is -1.46. The molecule has 1 atom stereocenters. The van der Waals surface area contributed by atoms with Gasteiger partial charge < -0.3 is 10.6 Å². The lowest BCUT2D eigenvalue weighted by molar-refractivity contribution is -0.385. The van der Waals surface area contributed by atoms with Crippen LogP contribution in [0.25, 0.3) is 0 Å². The summed E-state index contributed by atoms with van der Waals surface area (Å²) in [7, 11) is 1.90. The van der Waals surface area contributed by atoms with Crippen molar-refractivity contribution in [2.75, 3.05) is 13.6 Å². The molecule has 1 rings (SSSR count). The molecule has 0 saturated carbocycles. The van der Waals surface area contributed by atoms with Crippen molar-refractivity contribution >= 4 is 5.69 Å². The molecule has 0 heterocycles. The third kappa shape index (κ3) is 3.60. The number of nitrogens with two attached hydrogens (primary N) is 1. The van der Waals surface area contributed by atoms with Gasteiger partial charge >= 0.3 is 0 Å². The fourth-order valence-corrected chi connectivity index (χ4v) is 1.67. The Balaban J connectivity index is 2.76. The number of nitro benzene ring substituents is 1. The van der Waals surface area contributed by atoms with E-state index in [-0.39, 0.29) is 16.7 Å². The first-order valence-corrected chi connectivity index (χ1v) is 5.17. The second kappa shape index (κ2) is 5.58. The number of benzene rings is 1. The molecular weight excluding hydrogens is 206 g/mol. The van der Waals surface area contributed by atoms with Crippen molar-refractivity contribution in [3.8, 4) is 0 Å². The number of hydrogen-bond donors (Lipinski definition) is 1. The van der Waals surface area contributed by atoms with Gasteiger partial charge in [0.2, 0.25) is 0 Å². The fourth-order valence-electron chi connectivity index (χ4n) is 1.67. The van der Waals surface area contributed by atoms with Crippen molar-refractivity contribution in [3.05, 3.63) is 39.9 Å². The van der Waals surface area contributed by atoms with E-state index < -0.39 is 0 Å². The maximum Gasteiger partial charge on any atom is 0.273 e. The van der Waals surface area contributed by atoms with E-state index in [1.807, 2.05) is 24.9 Å². The molecule has 88 valence electrons. The SMILES string of the molecule is CC(N)CN(C)Cc1ccccc1[N+](=O)[O-]. The topological polar surface area (TPSA) is 72.4 Å². The van der Waals surface area contributed by atoms with Crippen LogP contribution in [0, 0.1) is 10.1 Å². The molecule has 0 bridgehead atoms. The molecular formula is C11H17N3O2. The van der Waals surface area contributed by atoms with Gasteiger partial charge in [-0.05, 0) is 14.0 Å². The molecule has 0 spiro atoms. The van der Waals surface area contributed by atoms with Gasteiger partial charge in [0.1, 0.15) is 0 Å². The van der Waals surface area contributed by atoms with Gasteiger partial charge in [0.05, 0.1) is 4.92 Å². The Morgan fingerprint density at radius 2 is 2.12 bits per heavy atom. The third-order valence-corrected chi connectivity index (χ3v) is 2.23. The van der Waals surface area contributed by atoms with Crippen molar-refractivity contribution in [2.24, 2.45) is 5.73 Å². The number of rotatable bonds is 5. The highest BCUT2D eigenvalue weighted by Gasteiger charge is 2.14. The van der Waals surface area contributed by atoms with E-state index in [1.165, 1.54) is 6.07 Å². The van der Waals surface area contributed by atoms with Crippen LogP contribution in [0.15, 0.2) is 24.3 Å². The van der Waals surface area contributed by atoms with Gasteiger partial charge in [0.15, 0.2) is 0 Å². The summed E-state index contributed by atoms with van der Waals surface area (Å²) < 4.78 is 0. The molecule has 0 aliphatic rings. The lowest BCUT2D eigenvalue weighted by Gasteiger charge is -2.18. The summed E-state index contributed by atoms with van der Waals surface area (Å²) >= 11 is 0. The second-order valence-corrected chi connectivity index (χ2v) is 4.06. The van der Waals surface area contributed by atoms with Crippen LogP contribution in [0.3, 0.4) is 0 Å². The Labute approximate surface area is 95.0 Å². The van der Waals surface area contributed by atoms with E-state index in [4.69, 9.17) is 5.73 Å². The van der Waals surface area contributed by atoms with E-state index in [9.17, 15) is 10.1 Å².